The third-order valence-electron chi connectivity index (χ3n) is 4.35. The lowest BCUT2D eigenvalue weighted by atomic mass is 9.95. The lowest BCUT2D eigenvalue weighted by Crippen LogP contribution is -2.43. The Hall–Kier alpha value is -2.28. The fraction of sp³-hybridized carbons (Fsp3) is 0.400. The van der Waals surface area contributed by atoms with E-state index in [9.17, 15) is 9.18 Å². The van der Waals surface area contributed by atoms with Crippen LogP contribution in [0.4, 0.5) is 4.39 Å². The predicted octanol–water partition coefficient (Wildman–Crippen LogP) is 1.50. The molecule has 7 heteroatoms. The molecule has 0 radical (unpaired) electrons. The third kappa shape index (κ3) is 2.27. The van der Waals surface area contributed by atoms with Gasteiger partial charge in [-0.25, -0.2) is 9.37 Å². The van der Waals surface area contributed by atoms with Crippen molar-refractivity contribution in [1.29, 1.82) is 0 Å². The van der Waals surface area contributed by atoms with Crippen molar-refractivity contribution in [3.05, 3.63) is 36.4 Å². The van der Waals surface area contributed by atoms with Crippen LogP contribution < -0.4 is 10.6 Å². The van der Waals surface area contributed by atoms with Gasteiger partial charge in [0.05, 0.1) is 11.8 Å². The molecule has 2 fully saturated rings. The van der Waals surface area contributed by atoms with Crippen LogP contribution in [0.2, 0.25) is 0 Å². The average Bonchev–Trinajstić information content (AvgIpc) is 3.24. The molecular weight excluding hydrogens is 287 g/mol. The van der Waals surface area contributed by atoms with Gasteiger partial charge in [0.1, 0.15) is 5.82 Å². The van der Waals surface area contributed by atoms with E-state index in [1.165, 1.54) is 31.1 Å². The van der Waals surface area contributed by atoms with Crippen molar-refractivity contribution in [2.45, 2.75) is 37.4 Å². The summed E-state index contributed by atoms with van der Waals surface area (Å²) in [7, 11) is 0. The van der Waals surface area contributed by atoms with Crippen LogP contribution in [0.15, 0.2) is 29.1 Å². The average molecular weight is 302 g/mol. The number of carbonyl (C=O) groups excluding carboxylic acids is 1. The standard InChI is InChI=1S/C15H15FN4O2/c16-10-3-4-17-6-9(10)13-7-18-15(22-13)14(21)20-12-5-8-1-2-11(12)19-8/h3-4,6-8,11-12,19H,1-2,5H2,(H,20,21). The third-order valence-corrected chi connectivity index (χ3v) is 4.35. The number of nitrogens with one attached hydrogen (secondary N) is 2. The van der Waals surface area contributed by atoms with Crippen molar-refractivity contribution in [1.82, 2.24) is 20.6 Å². The van der Waals surface area contributed by atoms with E-state index in [-0.39, 0.29) is 29.2 Å². The molecule has 0 aromatic carbocycles. The quantitative estimate of drug-likeness (QED) is 0.898. The number of pyridine rings is 1. The zero-order valence-electron chi connectivity index (χ0n) is 11.8. The van der Waals surface area contributed by atoms with E-state index in [1.54, 1.807) is 0 Å². The van der Waals surface area contributed by atoms with E-state index < -0.39 is 5.82 Å². The van der Waals surface area contributed by atoms with Crippen molar-refractivity contribution in [2.24, 2.45) is 0 Å². The van der Waals surface area contributed by atoms with Crippen molar-refractivity contribution in [2.75, 3.05) is 0 Å². The van der Waals surface area contributed by atoms with Crippen LogP contribution in [0.5, 0.6) is 0 Å². The van der Waals surface area contributed by atoms with Crippen LogP contribution in [0.3, 0.4) is 0 Å². The molecule has 4 rings (SSSR count). The summed E-state index contributed by atoms with van der Waals surface area (Å²) < 4.78 is 19.1. The van der Waals surface area contributed by atoms with E-state index in [0.717, 1.165) is 12.8 Å². The van der Waals surface area contributed by atoms with E-state index in [2.05, 4.69) is 20.6 Å². The van der Waals surface area contributed by atoms with Gasteiger partial charge in [0, 0.05) is 30.5 Å². The number of carbonyl (C=O) groups is 1. The number of nitrogens with zero attached hydrogens (tertiary/aromatic N) is 2. The first-order valence-electron chi connectivity index (χ1n) is 7.33. The van der Waals surface area contributed by atoms with Gasteiger partial charge < -0.3 is 15.1 Å². The van der Waals surface area contributed by atoms with Gasteiger partial charge in [-0.2, -0.15) is 0 Å². The van der Waals surface area contributed by atoms with Crippen molar-refractivity contribution < 1.29 is 13.6 Å². The molecule has 3 atom stereocenters. The SMILES string of the molecule is O=C(NC1CC2CCC1N2)c1ncc(-c2cnccc2F)o1. The Bertz CT molecular complexity index is 717. The van der Waals surface area contributed by atoms with Crippen molar-refractivity contribution in [3.63, 3.8) is 0 Å². The van der Waals surface area contributed by atoms with Crippen LogP contribution in [-0.2, 0) is 0 Å². The first-order chi connectivity index (χ1) is 10.7. The highest BCUT2D eigenvalue weighted by atomic mass is 19.1. The summed E-state index contributed by atoms with van der Waals surface area (Å²) in [6, 6.07) is 2.18. The minimum Gasteiger partial charge on any atom is -0.432 e. The maximum absolute atomic E-state index is 13.7. The van der Waals surface area contributed by atoms with Gasteiger partial charge in [-0.15, -0.1) is 0 Å². The fourth-order valence-corrected chi connectivity index (χ4v) is 3.28. The summed E-state index contributed by atoms with van der Waals surface area (Å²) in [5, 5.41) is 6.39. The second-order valence-corrected chi connectivity index (χ2v) is 5.75. The number of oxazole rings is 1. The highest BCUT2D eigenvalue weighted by Gasteiger charge is 2.40. The number of hydrogen-bond donors (Lipinski definition) is 2. The molecule has 6 nitrogen and oxygen atoms in total. The topological polar surface area (TPSA) is 80.0 Å². The number of halogens is 1. The smallest absolute Gasteiger partial charge is 0.307 e. The van der Waals surface area contributed by atoms with Crippen LogP contribution >= 0.6 is 0 Å². The molecule has 0 aliphatic carbocycles. The molecule has 2 bridgehead atoms. The molecule has 1 amide bonds. The fourth-order valence-electron chi connectivity index (χ4n) is 3.28. The van der Waals surface area contributed by atoms with Gasteiger partial charge in [-0.1, -0.05) is 0 Å². The van der Waals surface area contributed by atoms with Gasteiger partial charge >= 0.3 is 5.91 Å². The maximum atomic E-state index is 13.7. The molecular formula is C15H15FN4O2. The molecule has 0 spiro atoms. The Balaban J connectivity index is 1.49. The maximum Gasteiger partial charge on any atom is 0.307 e. The zero-order chi connectivity index (χ0) is 15.1. The Kier molecular flexibility index (Phi) is 3.15. The zero-order valence-corrected chi connectivity index (χ0v) is 11.8. The summed E-state index contributed by atoms with van der Waals surface area (Å²) in [6.07, 6.45) is 7.21. The van der Waals surface area contributed by atoms with Crippen molar-refractivity contribution in [3.8, 4) is 11.3 Å². The second kappa shape index (κ2) is 5.17. The van der Waals surface area contributed by atoms with Crippen LogP contribution in [0.1, 0.15) is 29.9 Å². The van der Waals surface area contributed by atoms with E-state index in [1.807, 2.05) is 0 Å². The van der Waals surface area contributed by atoms with Crippen LogP contribution in [0.25, 0.3) is 11.3 Å². The Morgan fingerprint density at radius 3 is 3.05 bits per heavy atom. The highest BCUT2D eigenvalue weighted by Crippen LogP contribution is 2.28. The first kappa shape index (κ1) is 13.4. The molecule has 2 N–H and O–H groups in total. The van der Waals surface area contributed by atoms with Crippen LogP contribution in [-0.4, -0.2) is 34.0 Å². The molecule has 0 saturated carbocycles. The summed E-state index contributed by atoms with van der Waals surface area (Å²) in [4.78, 5) is 20.0. The highest BCUT2D eigenvalue weighted by molar-refractivity contribution is 5.90. The summed E-state index contributed by atoms with van der Waals surface area (Å²) >= 11 is 0. The second-order valence-electron chi connectivity index (χ2n) is 5.75. The monoisotopic (exact) mass is 302 g/mol. The van der Waals surface area contributed by atoms with E-state index in [4.69, 9.17) is 4.42 Å². The molecule has 22 heavy (non-hydrogen) atoms. The molecule has 3 unspecified atom stereocenters. The Morgan fingerprint density at radius 2 is 2.32 bits per heavy atom. The molecule has 114 valence electrons. The van der Waals surface area contributed by atoms with Gasteiger partial charge in [-0.3, -0.25) is 9.78 Å². The van der Waals surface area contributed by atoms with Gasteiger partial charge in [0.25, 0.3) is 5.89 Å². The summed E-state index contributed by atoms with van der Waals surface area (Å²) in [6.45, 7) is 0. The molecule has 2 saturated heterocycles. The number of aromatic nitrogens is 2. The molecule has 2 aliphatic heterocycles. The first-order valence-corrected chi connectivity index (χ1v) is 7.33. The minimum atomic E-state index is -0.463. The predicted molar refractivity (Wildman–Crippen MR) is 75.5 cm³/mol. The Labute approximate surface area is 126 Å². The lowest BCUT2D eigenvalue weighted by molar-refractivity contribution is 0.0896. The number of hydrogen-bond acceptors (Lipinski definition) is 5. The number of rotatable bonds is 3. The van der Waals surface area contributed by atoms with E-state index in [0.29, 0.717) is 12.1 Å². The number of amides is 1. The van der Waals surface area contributed by atoms with Crippen molar-refractivity contribution >= 4 is 5.91 Å². The molecule has 4 heterocycles. The van der Waals surface area contributed by atoms with Gasteiger partial charge in [0.2, 0.25) is 0 Å². The normalized spacial score (nSPS) is 26.3. The molecule has 2 aromatic rings. The lowest BCUT2D eigenvalue weighted by Gasteiger charge is -2.20. The minimum absolute atomic E-state index is 0.0546. The summed E-state index contributed by atoms with van der Waals surface area (Å²) in [5.41, 5.74) is 0.190. The Morgan fingerprint density at radius 1 is 1.41 bits per heavy atom. The molecule has 2 aliphatic rings. The number of fused-ring (bicyclic) bond motifs is 2. The largest absolute Gasteiger partial charge is 0.432 e. The molecule has 2 aromatic heterocycles. The van der Waals surface area contributed by atoms with Crippen LogP contribution in [0, 0.1) is 5.82 Å². The van der Waals surface area contributed by atoms with Gasteiger partial charge in [0.15, 0.2) is 5.76 Å². The summed E-state index contributed by atoms with van der Waals surface area (Å²) in [5.74, 6) is -0.687. The van der Waals surface area contributed by atoms with Gasteiger partial charge in [-0.05, 0) is 25.3 Å². The van der Waals surface area contributed by atoms with E-state index >= 15 is 0 Å².